The van der Waals surface area contributed by atoms with Gasteiger partial charge in [-0.2, -0.15) is 0 Å². The Morgan fingerprint density at radius 2 is 2.20 bits per heavy atom. The highest BCUT2D eigenvalue weighted by atomic mass is 35.5. The number of hydrogen-bond acceptors (Lipinski definition) is 2. The molecular formula is C8H5ClF3NO2. The highest BCUT2D eigenvalue weighted by molar-refractivity contribution is 6.16. The van der Waals surface area contributed by atoms with Crippen molar-refractivity contribution in [3.8, 4) is 0 Å². The van der Waals surface area contributed by atoms with E-state index in [1.54, 1.807) is 0 Å². The molecule has 0 aliphatic carbocycles. The second-order valence-electron chi connectivity index (χ2n) is 2.59. The number of aromatic nitrogens is 1. The van der Waals surface area contributed by atoms with E-state index in [1.807, 2.05) is 0 Å². The first-order valence-electron chi connectivity index (χ1n) is 3.74. The van der Waals surface area contributed by atoms with Crippen molar-refractivity contribution in [2.24, 2.45) is 0 Å². The number of carboxylic acid groups (broad SMARTS) is 1. The Morgan fingerprint density at radius 3 is 2.60 bits per heavy atom. The Bertz CT molecular complexity index is 398. The predicted octanol–water partition coefficient (Wildman–Crippen LogP) is 2.60. The third kappa shape index (κ3) is 2.38. The van der Waals surface area contributed by atoms with Crippen LogP contribution in [0.3, 0.4) is 0 Å². The summed E-state index contributed by atoms with van der Waals surface area (Å²) >= 11 is 5.26. The molecule has 0 unspecified atom stereocenters. The van der Waals surface area contributed by atoms with Crippen LogP contribution in [0.5, 0.6) is 0 Å². The van der Waals surface area contributed by atoms with Crippen molar-refractivity contribution in [2.45, 2.75) is 12.3 Å². The SMILES string of the molecule is O=C(O)c1nc(CCl)c(F)cc1C(F)F. The molecule has 1 rings (SSSR count). The van der Waals surface area contributed by atoms with Crippen LogP contribution in [-0.2, 0) is 5.88 Å². The van der Waals surface area contributed by atoms with Crippen LogP contribution in [-0.4, -0.2) is 16.1 Å². The molecular weight excluding hydrogens is 235 g/mol. The molecule has 3 nitrogen and oxygen atoms in total. The summed E-state index contributed by atoms with van der Waals surface area (Å²) in [6.07, 6.45) is -3.09. The lowest BCUT2D eigenvalue weighted by Gasteiger charge is -2.06. The van der Waals surface area contributed by atoms with Gasteiger partial charge in [0.1, 0.15) is 5.82 Å². The summed E-state index contributed by atoms with van der Waals surface area (Å²) in [6.45, 7) is 0. The molecule has 15 heavy (non-hydrogen) atoms. The maximum atomic E-state index is 13.0. The van der Waals surface area contributed by atoms with E-state index in [4.69, 9.17) is 16.7 Å². The van der Waals surface area contributed by atoms with Crippen LogP contribution in [0.1, 0.15) is 28.2 Å². The molecule has 0 saturated carbocycles. The average molecular weight is 240 g/mol. The van der Waals surface area contributed by atoms with E-state index in [0.29, 0.717) is 6.07 Å². The van der Waals surface area contributed by atoms with Gasteiger partial charge in [-0.05, 0) is 6.07 Å². The Balaban J connectivity index is 3.39. The number of alkyl halides is 3. The number of pyridine rings is 1. The number of hydrogen-bond donors (Lipinski definition) is 1. The van der Waals surface area contributed by atoms with Crippen LogP contribution in [0.4, 0.5) is 13.2 Å². The number of carboxylic acids is 1. The largest absolute Gasteiger partial charge is 0.476 e. The van der Waals surface area contributed by atoms with Gasteiger partial charge in [0.25, 0.3) is 6.43 Å². The fraction of sp³-hybridized carbons (Fsp3) is 0.250. The van der Waals surface area contributed by atoms with Gasteiger partial charge in [0.15, 0.2) is 5.69 Å². The van der Waals surface area contributed by atoms with Crippen molar-refractivity contribution in [1.29, 1.82) is 0 Å². The van der Waals surface area contributed by atoms with E-state index in [1.165, 1.54) is 0 Å². The second kappa shape index (κ2) is 4.48. The molecule has 0 bridgehead atoms. The lowest BCUT2D eigenvalue weighted by molar-refractivity contribution is 0.0676. The second-order valence-corrected chi connectivity index (χ2v) is 2.86. The van der Waals surface area contributed by atoms with E-state index in [2.05, 4.69) is 4.98 Å². The van der Waals surface area contributed by atoms with Gasteiger partial charge >= 0.3 is 5.97 Å². The molecule has 0 amide bonds. The molecule has 1 aromatic rings. The molecule has 0 atom stereocenters. The van der Waals surface area contributed by atoms with Crippen LogP contribution >= 0.6 is 11.6 Å². The monoisotopic (exact) mass is 239 g/mol. The maximum Gasteiger partial charge on any atom is 0.355 e. The fourth-order valence-electron chi connectivity index (χ4n) is 0.972. The van der Waals surface area contributed by atoms with Crippen molar-refractivity contribution in [1.82, 2.24) is 4.98 Å². The summed E-state index contributed by atoms with van der Waals surface area (Å²) in [7, 11) is 0. The number of aromatic carboxylic acids is 1. The molecule has 1 aromatic heterocycles. The average Bonchev–Trinajstić information content (AvgIpc) is 2.16. The Kier molecular flexibility index (Phi) is 3.52. The van der Waals surface area contributed by atoms with E-state index in [-0.39, 0.29) is 11.6 Å². The molecule has 0 fully saturated rings. The number of rotatable bonds is 3. The molecule has 0 aliphatic rings. The normalized spacial score (nSPS) is 10.7. The van der Waals surface area contributed by atoms with Gasteiger partial charge in [-0.15, -0.1) is 11.6 Å². The highest BCUT2D eigenvalue weighted by Gasteiger charge is 2.22. The summed E-state index contributed by atoms with van der Waals surface area (Å²) in [5.41, 5.74) is -2.19. The zero-order chi connectivity index (χ0) is 11.6. The minimum Gasteiger partial charge on any atom is -0.476 e. The first-order valence-corrected chi connectivity index (χ1v) is 4.27. The van der Waals surface area contributed by atoms with Crippen molar-refractivity contribution in [3.63, 3.8) is 0 Å². The summed E-state index contributed by atoms with van der Waals surface area (Å²) < 4.78 is 37.6. The van der Waals surface area contributed by atoms with Crippen LogP contribution in [0, 0.1) is 5.82 Å². The van der Waals surface area contributed by atoms with E-state index in [9.17, 15) is 18.0 Å². The molecule has 0 saturated heterocycles. The quantitative estimate of drug-likeness (QED) is 0.825. The molecule has 0 aromatic carbocycles. The van der Waals surface area contributed by atoms with Gasteiger partial charge in [-0.3, -0.25) is 0 Å². The molecule has 1 heterocycles. The van der Waals surface area contributed by atoms with Crippen LogP contribution in [0.25, 0.3) is 0 Å². The van der Waals surface area contributed by atoms with Gasteiger partial charge in [0.2, 0.25) is 0 Å². The van der Waals surface area contributed by atoms with E-state index >= 15 is 0 Å². The minimum absolute atomic E-state index is 0.363. The first-order chi connectivity index (χ1) is 6.97. The molecule has 0 aliphatic heterocycles. The summed E-state index contributed by atoms with van der Waals surface area (Å²) in [5, 5.41) is 8.56. The smallest absolute Gasteiger partial charge is 0.355 e. The highest BCUT2D eigenvalue weighted by Crippen LogP contribution is 2.24. The topological polar surface area (TPSA) is 50.2 Å². The fourth-order valence-corrected chi connectivity index (χ4v) is 1.16. The zero-order valence-corrected chi connectivity index (χ0v) is 7.93. The lowest BCUT2D eigenvalue weighted by Crippen LogP contribution is -2.09. The van der Waals surface area contributed by atoms with Crippen LogP contribution in [0.15, 0.2) is 6.07 Å². The van der Waals surface area contributed by atoms with Crippen molar-refractivity contribution >= 4 is 17.6 Å². The molecule has 7 heteroatoms. The lowest BCUT2D eigenvalue weighted by atomic mass is 10.1. The Labute approximate surface area is 87.5 Å². The van der Waals surface area contributed by atoms with Gasteiger partial charge < -0.3 is 5.11 Å². The number of carbonyl (C=O) groups is 1. The van der Waals surface area contributed by atoms with Crippen molar-refractivity contribution in [3.05, 3.63) is 28.8 Å². The number of halogens is 4. The zero-order valence-electron chi connectivity index (χ0n) is 7.18. The predicted molar refractivity (Wildman–Crippen MR) is 45.7 cm³/mol. The van der Waals surface area contributed by atoms with Gasteiger partial charge in [-0.1, -0.05) is 0 Å². The van der Waals surface area contributed by atoms with Gasteiger partial charge in [-0.25, -0.2) is 22.9 Å². The van der Waals surface area contributed by atoms with Crippen LogP contribution < -0.4 is 0 Å². The minimum atomic E-state index is -3.09. The summed E-state index contributed by atoms with van der Waals surface area (Å²) in [6, 6.07) is 0.443. The molecule has 0 radical (unpaired) electrons. The van der Waals surface area contributed by atoms with Gasteiger partial charge in [0.05, 0.1) is 17.1 Å². The molecule has 1 N–H and O–H groups in total. The third-order valence-corrected chi connectivity index (χ3v) is 1.90. The van der Waals surface area contributed by atoms with Crippen molar-refractivity contribution < 1.29 is 23.1 Å². The molecule has 82 valence electrons. The Morgan fingerprint density at radius 1 is 1.60 bits per heavy atom. The summed E-state index contributed by atoms with van der Waals surface area (Å²) in [5.74, 6) is -3.06. The van der Waals surface area contributed by atoms with Crippen molar-refractivity contribution in [2.75, 3.05) is 0 Å². The standard InChI is InChI=1S/C8H5ClF3NO2/c9-2-5-4(10)1-3(7(11)12)6(13-5)8(14)15/h1,7H,2H2,(H,14,15). The van der Waals surface area contributed by atoms with Crippen LogP contribution in [0.2, 0.25) is 0 Å². The maximum absolute atomic E-state index is 13.0. The van der Waals surface area contributed by atoms with Gasteiger partial charge in [0, 0.05) is 0 Å². The van der Waals surface area contributed by atoms with E-state index < -0.39 is 29.5 Å². The number of nitrogens with zero attached hydrogens (tertiary/aromatic N) is 1. The molecule has 0 spiro atoms. The Hall–Kier alpha value is -1.30. The van der Waals surface area contributed by atoms with E-state index in [0.717, 1.165) is 0 Å². The first kappa shape index (κ1) is 11.8. The summed E-state index contributed by atoms with van der Waals surface area (Å²) in [4.78, 5) is 13.8. The third-order valence-electron chi connectivity index (χ3n) is 1.64.